The van der Waals surface area contributed by atoms with E-state index in [2.05, 4.69) is 5.32 Å². The summed E-state index contributed by atoms with van der Waals surface area (Å²) in [6, 6.07) is 3.66. The lowest BCUT2D eigenvalue weighted by Gasteiger charge is -2.13. The van der Waals surface area contributed by atoms with Gasteiger partial charge in [-0.25, -0.2) is 8.78 Å². The summed E-state index contributed by atoms with van der Waals surface area (Å²) in [7, 11) is 0. The van der Waals surface area contributed by atoms with Crippen molar-refractivity contribution in [3.8, 4) is 0 Å². The van der Waals surface area contributed by atoms with Crippen LogP contribution in [0.15, 0.2) is 23.6 Å². The van der Waals surface area contributed by atoms with E-state index in [9.17, 15) is 13.6 Å². The van der Waals surface area contributed by atoms with E-state index in [0.717, 1.165) is 4.88 Å². The Balaban J connectivity index is 2.37. The van der Waals surface area contributed by atoms with Gasteiger partial charge in [-0.1, -0.05) is 6.07 Å². The summed E-state index contributed by atoms with van der Waals surface area (Å²) in [5.74, 6) is -3.60. The molecule has 1 amide bonds. The maximum Gasteiger partial charge on any atom is 0.277 e. The summed E-state index contributed by atoms with van der Waals surface area (Å²) < 4.78 is 25.3. The van der Waals surface area contributed by atoms with Crippen LogP contribution in [0.3, 0.4) is 0 Å². The number of halogens is 2. The van der Waals surface area contributed by atoms with E-state index >= 15 is 0 Å². The summed E-state index contributed by atoms with van der Waals surface area (Å²) in [5.41, 5.74) is 4.83. The number of thiophene rings is 1. The van der Waals surface area contributed by atoms with E-state index in [1.165, 1.54) is 17.4 Å². The van der Waals surface area contributed by atoms with Gasteiger partial charge in [0.15, 0.2) is 0 Å². The van der Waals surface area contributed by atoms with Crippen molar-refractivity contribution in [3.63, 3.8) is 0 Å². The molecule has 3 nitrogen and oxygen atoms in total. The number of alkyl halides is 2. The number of rotatable bonds is 5. The number of hydrogen-bond acceptors (Lipinski definition) is 3. The number of hydrogen-bond donors (Lipinski definition) is 2. The van der Waals surface area contributed by atoms with E-state index in [-0.39, 0.29) is 0 Å². The predicted octanol–water partition coefficient (Wildman–Crippen LogP) is 1.47. The van der Waals surface area contributed by atoms with Crippen molar-refractivity contribution in [2.24, 2.45) is 5.73 Å². The van der Waals surface area contributed by atoms with Crippen LogP contribution in [0.4, 0.5) is 8.78 Å². The Morgan fingerprint density at radius 3 is 2.94 bits per heavy atom. The minimum absolute atomic E-state index is 0.554. The molecule has 0 aliphatic heterocycles. The van der Waals surface area contributed by atoms with E-state index in [4.69, 9.17) is 5.73 Å². The SMILES string of the molecule is NCC(F)(F)CNC(=O)/C=C/c1cccs1. The van der Waals surface area contributed by atoms with E-state index in [1.807, 2.05) is 17.5 Å². The lowest BCUT2D eigenvalue weighted by Crippen LogP contribution is -2.41. The molecule has 1 rings (SSSR count). The zero-order chi connectivity index (χ0) is 12.0. The molecule has 0 aliphatic carbocycles. The quantitative estimate of drug-likeness (QED) is 0.773. The molecule has 0 unspecified atom stereocenters. The van der Waals surface area contributed by atoms with Gasteiger partial charge >= 0.3 is 0 Å². The highest BCUT2D eigenvalue weighted by Crippen LogP contribution is 2.10. The number of amides is 1. The van der Waals surface area contributed by atoms with Crippen LogP contribution >= 0.6 is 11.3 Å². The van der Waals surface area contributed by atoms with Gasteiger partial charge in [-0.2, -0.15) is 0 Å². The van der Waals surface area contributed by atoms with Gasteiger partial charge in [0, 0.05) is 11.0 Å². The van der Waals surface area contributed by atoms with Crippen molar-refractivity contribution < 1.29 is 13.6 Å². The van der Waals surface area contributed by atoms with Crippen molar-refractivity contribution in [1.82, 2.24) is 5.32 Å². The molecule has 0 saturated heterocycles. The van der Waals surface area contributed by atoms with Crippen LogP contribution in [-0.2, 0) is 4.79 Å². The van der Waals surface area contributed by atoms with E-state index in [0.29, 0.717) is 0 Å². The van der Waals surface area contributed by atoms with E-state index in [1.54, 1.807) is 6.08 Å². The average Bonchev–Trinajstić information content (AvgIpc) is 2.76. The van der Waals surface area contributed by atoms with Crippen LogP contribution < -0.4 is 11.1 Å². The van der Waals surface area contributed by atoms with Gasteiger partial charge in [-0.3, -0.25) is 4.79 Å². The first-order valence-corrected chi connectivity index (χ1v) is 5.49. The van der Waals surface area contributed by atoms with Crippen LogP contribution in [0.2, 0.25) is 0 Å². The van der Waals surface area contributed by atoms with Gasteiger partial charge in [0.25, 0.3) is 5.92 Å². The number of nitrogens with one attached hydrogen (secondary N) is 1. The van der Waals surface area contributed by atoms with Crippen molar-refractivity contribution >= 4 is 23.3 Å². The standard InChI is InChI=1S/C10H12F2N2OS/c11-10(12,6-13)7-14-9(15)4-3-8-2-1-5-16-8/h1-5H,6-7,13H2,(H,14,15)/b4-3+. The fourth-order valence-electron chi connectivity index (χ4n) is 0.891. The molecule has 6 heteroatoms. The van der Waals surface area contributed by atoms with Crippen LogP contribution in [0.1, 0.15) is 4.88 Å². The van der Waals surface area contributed by atoms with Crippen LogP contribution in [0, 0.1) is 0 Å². The lowest BCUT2D eigenvalue weighted by molar-refractivity contribution is -0.118. The Morgan fingerprint density at radius 2 is 2.38 bits per heavy atom. The van der Waals surface area contributed by atoms with Gasteiger partial charge in [-0.15, -0.1) is 11.3 Å². The highest BCUT2D eigenvalue weighted by molar-refractivity contribution is 7.10. The molecule has 1 heterocycles. The third-order valence-electron chi connectivity index (χ3n) is 1.76. The molecule has 0 bridgehead atoms. The van der Waals surface area contributed by atoms with Gasteiger partial charge in [0.1, 0.15) is 0 Å². The predicted molar refractivity (Wildman–Crippen MR) is 60.4 cm³/mol. The first-order valence-electron chi connectivity index (χ1n) is 4.61. The smallest absolute Gasteiger partial charge is 0.277 e. The molecule has 0 aromatic carbocycles. The van der Waals surface area contributed by atoms with Crippen molar-refractivity contribution in [2.75, 3.05) is 13.1 Å². The van der Waals surface area contributed by atoms with Crippen molar-refractivity contribution in [2.45, 2.75) is 5.92 Å². The molecule has 0 fully saturated rings. The molecular weight excluding hydrogens is 234 g/mol. The van der Waals surface area contributed by atoms with Gasteiger partial charge < -0.3 is 11.1 Å². The van der Waals surface area contributed by atoms with Gasteiger partial charge in [0.2, 0.25) is 5.91 Å². The minimum atomic E-state index is -3.05. The third-order valence-corrected chi connectivity index (χ3v) is 2.60. The first-order chi connectivity index (χ1) is 7.53. The molecule has 0 radical (unpaired) electrons. The fraction of sp³-hybridized carbons (Fsp3) is 0.300. The molecule has 0 spiro atoms. The normalized spacial score (nSPS) is 11.9. The third kappa shape index (κ3) is 4.50. The molecule has 3 N–H and O–H groups in total. The zero-order valence-corrected chi connectivity index (χ0v) is 9.27. The highest BCUT2D eigenvalue weighted by Gasteiger charge is 2.26. The number of carbonyl (C=O) groups excluding carboxylic acids is 1. The number of carbonyl (C=O) groups is 1. The molecule has 1 aromatic heterocycles. The van der Waals surface area contributed by atoms with E-state index < -0.39 is 24.9 Å². The summed E-state index contributed by atoms with van der Waals surface area (Å²) in [6.45, 7) is -1.51. The van der Waals surface area contributed by atoms with Crippen LogP contribution in [0.5, 0.6) is 0 Å². The minimum Gasteiger partial charge on any atom is -0.346 e. The molecular formula is C10H12F2N2OS. The monoisotopic (exact) mass is 246 g/mol. The molecule has 88 valence electrons. The second-order valence-electron chi connectivity index (χ2n) is 3.13. The number of nitrogens with two attached hydrogens (primary N) is 1. The lowest BCUT2D eigenvalue weighted by atomic mass is 10.3. The molecule has 0 atom stereocenters. The highest BCUT2D eigenvalue weighted by atomic mass is 32.1. The van der Waals surface area contributed by atoms with Crippen LogP contribution in [0.25, 0.3) is 6.08 Å². The largest absolute Gasteiger partial charge is 0.346 e. The Labute approximate surface area is 96.0 Å². The van der Waals surface area contributed by atoms with Gasteiger partial charge in [0.05, 0.1) is 13.1 Å². The summed E-state index contributed by atoms with van der Waals surface area (Å²) in [6.07, 6.45) is 2.79. The van der Waals surface area contributed by atoms with Crippen molar-refractivity contribution in [1.29, 1.82) is 0 Å². The molecule has 0 aliphatic rings. The average molecular weight is 246 g/mol. The topological polar surface area (TPSA) is 55.1 Å². The molecule has 1 aromatic rings. The Hall–Kier alpha value is -1.27. The maximum atomic E-state index is 12.7. The summed E-state index contributed by atoms with van der Waals surface area (Å²) in [5, 5.41) is 3.95. The van der Waals surface area contributed by atoms with Gasteiger partial charge in [-0.05, 0) is 17.5 Å². The van der Waals surface area contributed by atoms with Crippen molar-refractivity contribution in [3.05, 3.63) is 28.5 Å². The fourth-order valence-corrected chi connectivity index (χ4v) is 1.51. The second-order valence-corrected chi connectivity index (χ2v) is 4.11. The van der Waals surface area contributed by atoms with Crippen LogP contribution in [-0.4, -0.2) is 24.9 Å². The Kier molecular flexibility index (Phi) is 4.57. The Morgan fingerprint density at radius 1 is 1.62 bits per heavy atom. The molecule has 16 heavy (non-hydrogen) atoms. The summed E-state index contributed by atoms with van der Waals surface area (Å²) in [4.78, 5) is 12.0. The molecule has 0 saturated carbocycles. The second kappa shape index (κ2) is 5.72. The summed E-state index contributed by atoms with van der Waals surface area (Å²) >= 11 is 1.46. The Bertz CT molecular complexity index is 363. The zero-order valence-electron chi connectivity index (χ0n) is 8.45. The first kappa shape index (κ1) is 12.8. The maximum absolute atomic E-state index is 12.7.